The lowest BCUT2D eigenvalue weighted by molar-refractivity contribution is 0.265. The largest absolute Gasteiger partial charge is 0.313 e. The molecule has 2 nitrogen and oxygen atoms in total. The molecule has 14 heavy (non-hydrogen) atoms. The van der Waals surface area contributed by atoms with Crippen LogP contribution in [0.1, 0.15) is 39.0 Å². The molecule has 0 bridgehead atoms. The fourth-order valence-electron chi connectivity index (χ4n) is 2.41. The van der Waals surface area contributed by atoms with E-state index >= 15 is 0 Å². The van der Waals surface area contributed by atoms with Gasteiger partial charge in [-0.25, -0.2) is 0 Å². The van der Waals surface area contributed by atoms with E-state index in [1.54, 1.807) is 0 Å². The van der Waals surface area contributed by atoms with Gasteiger partial charge in [-0.3, -0.25) is 0 Å². The van der Waals surface area contributed by atoms with Crippen LogP contribution in [0.2, 0.25) is 0 Å². The monoisotopic (exact) mass is 196 g/mol. The van der Waals surface area contributed by atoms with Crippen LogP contribution < -0.4 is 5.32 Å². The fourth-order valence-corrected chi connectivity index (χ4v) is 2.41. The zero-order valence-corrected chi connectivity index (χ0v) is 9.47. The molecule has 0 radical (unpaired) electrons. The van der Waals surface area contributed by atoms with Crippen molar-refractivity contribution >= 4 is 0 Å². The maximum absolute atomic E-state index is 3.54. The Balaban J connectivity index is 1.61. The summed E-state index contributed by atoms with van der Waals surface area (Å²) in [6.07, 6.45) is 7.26. The second-order valence-corrected chi connectivity index (χ2v) is 5.09. The summed E-state index contributed by atoms with van der Waals surface area (Å²) in [5.41, 5.74) is 0. The average Bonchev–Trinajstić information content (AvgIpc) is 2.94. The van der Waals surface area contributed by atoms with Crippen LogP contribution in [0.5, 0.6) is 0 Å². The van der Waals surface area contributed by atoms with Crippen LogP contribution in [0.15, 0.2) is 0 Å². The van der Waals surface area contributed by atoms with Crippen molar-refractivity contribution in [1.29, 1.82) is 0 Å². The zero-order valence-electron chi connectivity index (χ0n) is 9.47. The lowest BCUT2D eigenvalue weighted by atomic mass is 10.2. The molecule has 0 amide bonds. The Labute approximate surface area is 88.1 Å². The third-order valence-electron chi connectivity index (χ3n) is 3.46. The molecule has 2 fully saturated rings. The topological polar surface area (TPSA) is 15.3 Å². The first-order valence-electron chi connectivity index (χ1n) is 6.30. The van der Waals surface area contributed by atoms with Crippen LogP contribution in [0.4, 0.5) is 0 Å². The van der Waals surface area contributed by atoms with E-state index < -0.39 is 0 Å². The van der Waals surface area contributed by atoms with Gasteiger partial charge in [0, 0.05) is 12.6 Å². The standard InChI is InChI=1S/C12H24N2/c1-11-10-14(9-3-7-13-11)8-2-4-12-5-6-12/h11-13H,2-10H2,1H3. The number of hydrogen-bond acceptors (Lipinski definition) is 2. The Morgan fingerprint density at radius 3 is 3.00 bits per heavy atom. The van der Waals surface area contributed by atoms with E-state index in [0.29, 0.717) is 6.04 Å². The van der Waals surface area contributed by atoms with Gasteiger partial charge in [0.25, 0.3) is 0 Å². The van der Waals surface area contributed by atoms with Crippen molar-refractivity contribution in [3.63, 3.8) is 0 Å². The molecular formula is C12H24N2. The molecule has 0 aromatic heterocycles. The smallest absolute Gasteiger partial charge is 0.0166 e. The van der Waals surface area contributed by atoms with Crippen LogP contribution in [0.3, 0.4) is 0 Å². The average molecular weight is 196 g/mol. The first-order chi connectivity index (χ1) is 6.84. The van der Waals surface area contributed by atoms with Crippen molar-refractivity contribution < 1.29 is 0 Å². The summed E-state index contributed by atoms with van der Waals surface area (Å²) in [5.74, 6) is 1.11. The van der Waals surface area contributed by atoms with Gasteiger partial charge in [-0.1, -0.05) is 12.8 Å². The summed E-state index contributed by atoms with van der Waals surface area (Å²) in [4.78, 5) is 2.65. The van der Waals surface area contributed by atoms with Gasteiger partial charge in [0.2, 0.25) is 0 Å². The van der Waals surface area contributed by atoms with Gasteiger partial charge in [0.05, 0.1) is 0 Å². The van der Waals surface area contributed by atoms with Crippen LogP contribution in [-0.4, -0.2) is 37.1 Å². The van der Waals surface area contributed by atoms with Crippen molar-refractivity contribution in [3.05, 3.63) is 0 Å². The van der Waals surface area contributed by atoms with Gasteiger partial charge in [-0.05, 0) is 51.7 Å². The Bertz CT molecular complexity index is 166. The van der Waals surface area contributed by atoms with E-state index in [1.807, 2.05) is 0 Å². The maximum atomic E-state index is 3.54. The molecule has 1 aliphatic carbocycles. The molecule has 1 aliphatic heterocycles. The van der Waals surface area contributed by atoms with Gasteiger partial charge in [0.15, 0.2) is 0 Å². The molecule has 0 spiro atoms. The molecule has 0 aromatic carbocycles. The van der Waals surface area contributed by atoms with Gasteiger partial charge in [-0.2, -0.15) is 0 Å². The van der Waals surface area contributed by atoms with Gasteiger partial charge in [0.1, 0.15) is 0 Å². The highest BCUT2D eigenvalue weighted by atomic mass is 15.2. The van der Waals surface area contributed by atoms with E-state index in [9.17, 15) is 0 Å². The summed E-state index contributed by atoms with van der Waals surface area (Å²) >= 11 is 0. The third kappa shape index (κ3) is 3.58. The van der Waals surface area contributed by atoms with E-state index in [1.165, 1.54) is 58.3 Å². The third-order valence-corrected chi connectivity index (χ3v) is 3.46. The number of nitrogens with one attached hydrogen (secondary N) is 1. The molecule has 1 N–H and O–H groups in total. The van der Waals surface area contributed by atoms with Gasteiger partial charge >= 0.3 is 0 Å². The lowest BCUT2D eigenvalue weighted by Gasteiger charge is -2.21. The van der Waals surface area contributed by atoms with E-state index in [4.69, 9.17) is 0 Å². The summed E-state index contributed by atoms with van der Waals surface area (Å²) in [6.45, 7) is 7.41. The zero-order chi connectivity index (χ0) is 9.80. The first-order valence-corrected chi connectivity index (χ1v) is 6.30. The maximum Gasteiger partial charge on any atom is 0.0166 e. The minimum absolute atomic E-state index is 0.693. The summed E-state index contributed by atoms with van der Waals surface area (Å²) in [5, 5.41) is 3.54. The first kappa shape index (κ1) is 10.4. The minimum atomic E-state index is 0.693. The Kier molecular flexibility index (Phi) is 3.82. The Morgan fingerprint density at radius 2 is 2.21 bits per heavy atom. The molecule has 0 aromatic rings. The van der Waals surface area contributed by atoms with E-state index in [-0.39, 0.29) is 0 Å². The summed E-state index contributed by atoms with van der Waals surface area (Å²) in [7, 11) is 0. The molecule has 2 aliphatic rings. The molecule has 1 saturated carbocycles. The quantitative estimate of drug-likeness (QED) is 0.738. The molecule has 2 heteroatoms. The minimum Gasteiger partial charge on any atom is -0.313 e. The molecule has 1 unspecified atom stereocenters. The number of rotatable bonds is 4. The molecule has 1 heterocycles. The highest BCUT2D eigenvalue weighted by molar-refractivity contribution is 4.76. The second kappa shape index (κ2) is 5.13. The molecule has 82 valence electrons. The van der Waals surface area contributed by atoms with E-state index in [2.05, 4.69) is 17.1 Å². The summed E-state index contributed by atoms with van der Waals surface area (Å²) in [6, 6.07) is 0.693. The van der Waals surface area contributed by atoms with Crippen molar-refractivity contribution in [2.75, 3.05) is 26.2 Å². The van der Waals surface area contributed by atoms with Crippen molar-refractivity contribution in [1.82, 2.24) is 10.2 Å². The van der Waals surface area contributed by atoms with Crippen LogP contribution >= 0.6 is 0 Å². The predicted octanol–water partition coefficient (Wildman–Crippen LogP) is 1.86. The normalized spacial score (nSPS) is 30.2. The van der Waals surface area contributed by atoms with Crippen molar-refractivity contribution in [2.24, 2.45) is 5.92 Å². The molecule has 1 saturated heterocycles. The molecule has 1 atom stereocenters. The van der Waals surface area contributed by atoms with E-state index in [0.717, 1.165) is 5.92 Å². The van der Waals surface area contributed by atoms with Crippen LogP contribution in [-0.2, 0) is 0 Å². The number of nitrogens with zero attached hydrogens (tertiary/aromatic N) is 1. The molecular weight excluding hydrogens is 172 g/mol. The Hall–Kier alpha value is -0.0800. The highest BCUT2D eigenvalue weighted by Crippen LogP contribution is 2.33. The second-order valence-electron chi connectivity index (χ2n) is 5.09. The SMILES string of the molecule is CC1CN(CCCC2CC2)CCCN1. The predicted molar refractivity (Wildman–Crippen MR) is 60.5 cm³/mol. The summed E-state index contributed by atoms with van der Waals surface area (Å²) < 4.78 is 0. The van der Waals surface area contributed by atoms with Gasteiger partial charge in [-0.15, -0.1) is 0 Å². The number of hydrogen-bond donors (Lipinski definition) is 1. The Morgan fingerprint density at radius 1 is 1.36 bits per heavy atom. The fraction of sp³-hybridized carbons (Fsp3) is 1.00. The van der Waals surface area contributed by atoms with Crippen molar-refractivity contribution in [2.45, 2.75) is 45.1 Å². The van der Waals surface area contributed by atoms with Crippen LogP contribution in [0.25, 0.3) is 0 Å². The van der Waals surface area contributed by atoms with Crippen molar-refractivity contribution in [3.8, 4) is 0 Å². The highest BCUT2D eigenvalue weighted by Gasteiger charge is 2.21. The lowest BCUT2D eigenvalue weighted by Crippen LogP contribution is -2.35. The van der Waals surface area contributed by atoms with Gasteiger partial charge < -0.3 is 10.2 Å². The van der Waals surface area contributed by atoms with Crippen LogP contribution in [0, 0.1) is 5.92 Å². The molecule has 2 rings (SSSR count).